The summed E-state index contributed by atoms with van der Waals surface area (Å²) in [5.74, 6) is 0. The molecule has 0 fully saturated rings. The van der Waals surface area contributed by atoms with E-state index in [0.717, 1.165) is 11.9 Å². The smallest absolute Gasteiger partial charge is 0.0409 e. The highest BCUT2D eigenvalue weighted by atomic mass is 79.9. The van der Waals surface area contributed by atoms with E-state index in [1.165, 1.54) is 17.7 Å². The molecule has 0 spiro atoms. The molecule has 84 valence electrons. The second-order valence-corrected chi connectivity index (χ2v) is 4.61. The van der Waals surface area contributed by atoms with Crippen molar-refractivity contribution in [3.05, 3.63) is 29.8 Å². The van der Waals surface area contributed by atoms with E-state index in [2.05, 4.69) is 65.9 Å². The molecule has 0 atom stereocenters. The molecule has 0 aliphatic rings. The highest BCUT2D eigenvalue weighted by Gasteiger charge is 2.12. The maximum atomic E-state index is 3.55. The first-order valence-electron chi connectivity index (χ1n) is 5.61. The zero-order valence-electron chi connectivity index (χ0n) is 9.83. The van der Waals surface area contributed by atoms with Crippen molar-refractivity contribution in [3.63, 3.8) is 0 Å². The summed E-state index contributed by atoms with van der Waals surface area (Å²) in [7, 11) is 0. The third kappa shape index (κ3) is 3.23. The largest absolute Gasteiger partial charge is 0.369 e. The number of hydrogen-bond donors (Lipinski definition) is 0. The van der Waals surface area contributed by atoms with Gasteiger partial charge in [-0.05, 0) is 31.9 Å². The van der Waals surface area contributed by atoms with Crippen LogP contribution in [-0.4, -0.2) is 12.6 Å². The van der Waals surface area contributed by atoms with Crippen LogP contribution in [0.15, 0.2) is 24.3 Å². The zero-order chi connectivity index (χ0) is 11.3. The predicted molar refractivity (Wildman–Crippen MR) is 71.8 cm³/mol. The van der Waals surface area contributed by atoms with Crippen LogP contribution in [0, 0.1) is 0 Å². The molecule has 0 heterocycles. The first-order chi connectivity index (χ1) is 7.20. The summed E-state index contributed by atoms with van der Waals surface area (Å²) in [6.07, 6.45) is 1.19. The molecule has 0 amide bonds. The van der Waals surface area contributed by atoms with Crippen molar-refractivity contribution in [1.82, 2.24) is 0 Å². The molecular formula is C13H20BrN. The second kappa shape index (κ2) is 6.16. The van der Waals surface area contributed by atoms with Gasteiger partial charge in [0.05, 0.1) is 0 Å². The minimum atomic E-state index is 0.560. The molecule has 0 saturated heterocycles. The third-order valence-corrected chi connectivity index (χ3v) is 3.14. The van der Waals surface area contributed by atoms with Crippen LogP contribution < -0.4 is 4.90 Å². The fraction of sp³-hybridized carbons (Fsp3) is 0.538. The monoisotopic (exact) mass is 269 g/mol. The van der Waals surface area contributed by atoms with E-state index in [0.29, 0.717) is 6.04 Å². The molecule has 15 heavy (non-hydrogen) atoms. The van der Waals surface area contributed by atoms with Gasteiger partial charge in [0.25, 0.3) is 0 Å². The van der Waals surface area contributed by atoms with Crippen molar-refractivity contribution in [2.24, 2.45) is 0 Å². The van der Waals surface area contributed by atoms with Gasteiger partial charge in [-0.15, -0.1) is 0 Å². The number of hydrogen-bond acceptors (Lipinski definition) is 1. The Bertz CT molecular complexity index is 296. The Morgan fingerprint density at radius 2 is 1.93 bits per heavy atom. The first-order valence-corrected chi connectivity index (χ1v) is 6.73. The van der Waals surface area contributed by atoms with Crippen LogP contribution in [0.5, 0.6) is 0 Å². The van der Waals surface area contributed by atoms with Crippen LogP contribution in [0.3, 0.4) is 0 Å². The SMILES string of the molecule is CCCN(c1ccccc1CBr)C(C)C. The van der Waals surface area contributed by atoms with Gasteiger partial charge in [-0.25, -0.2) is 0 Å². The number of nitrogens with zero attached hydrogens (tertiary/aromatic N) is 1. The van der Waals surface area contributed by atoms with Crippen molar-refractivity contribution >= 4 is 21.6 Å². The molecule has 1 aromatic carbocycles. The van der Waals surface area contributed by atoms with Crippen LogP contribution in [-0.2, 0) is 5.33 Å². The lowest BCUT2D eigenvalue weighted by Crippen LogP contribution is -2.32. The maximum Gasteiger partial charge on any atom is 0.0409 e. The number of benzene rings is 1. The van der Waals surface area contributed by atoms with E-state index >= 15 is 0 Å². The fourth-order valence-corrected chi connectivity index (χ4v) is 2.28. The van der Waals surface area contributed by atoms with Gasteiger partial charge >= 0.3 is 0 Å². The zero-order valence-corrected chi connectivity index (χ0v) is 11.4. The molecule has 0 saturated carbocycles. The van der Waals surface area contributed by atoms with Crippen LogP contribution >= 0.6 is 15.9 Å². The summed E-state index contributed by atoms with van der Waals surface area (Å²) < 4.78 is 0. The molecule has 0 bridgehead atoms. The molecule has 0 aliphatic carbocycles. The Kier molecular flexibility index (Phi) is 5.16. The Morgan fingerprint density at radius 3 is 2.47 bits per heavy atom. The molecule has 0 radical (unpaired) electrons. The Hall–Kier alpha value is -0.500. The number of halogens is 1. The van der Waals surface area contributed by atoms with E-state index in [1.54, 1.807) is 0 Å². The lowest BCUT2D eigenvalue weighted by atomic mass is 10.1. The van der Waals surface area contributed by atoms with Gasteiger partial charge in [0.15, 0.2) is 0 Å². The summed E-state index contributed by atoms with van der Waals surface area (Å²) in [5.41, 5.74) is 2.74. The number of rotatable bonds is 5. The van der Waals surface area contributed by atoms with Crippen LogP contribution in [0.25, 0.3) is 0 Å². The fourth-order valence-electron chi connectivity index (χ4n) is 1.80. The van der Waals surface area contributed by atoms with E-state index in [4.69, 9.17) is 0 Å². The molecule has 1 nitrogen and oxygen atoms in total. The summed E-state index contributed by atoms with van der Waals surface area (Å²) in [5, 5.41) is 0.927. The first kappa shape index (κ1) is 12.6. The van der Waals surface area contributed by atoms with Gasteiger partial charge in [0.2, 0.25) is 0 Å². The summed E-state index contributed by atoms with van der Waals surface area (Å²) in [6, 6.07) is 9.18. The molecular weight excluding hydrogens is 250 g/mol. The normalized spacial score (nSPS) is 10.7. The number of alkyl halides is 1. The highest BCUT2D eigenvalue weighted by Crippen LogP contribution is 2.24. The van der Waals surface area contributed by atoms with Gasteiger partial charge in [0, 0.05) is 23.6 Å². The number of anilines is 1. The number of para-hydroxylation sites is 1. The van der Waals surface area contributed by atoms with Crippen molar-refractivity contribution in [2.75, 3.05) is 11.4 Å². The van der Waals surface area contributed by atoms with Crippen LogP contribution in [0.4, 0.5) is 5.69 Å². The lowest BCUT2D eigenvalue weighted by Gasteiger charge is -2.30. The molecule has 0 unspecified atom stereocenters. The molecule has 2 heteroatoms. The molecule has 1 aromatic rings. The topological polar surface area (TPSA) is 3.24 Å². The van der Waals surface area contributed by atoms with E-state index in [9.17, 15) is 0 Å². The van der Waals surface area contributed by atoms with Gasteiger partial charge < -0.3 is 4.90 Å². The minimum Gasteiger partial charge on any atom is -0.369 e. The van der Waals surface area contributed by atoms with E-state index in [-0.39, 0.29) is 0 Å². The van der Waals surface area contributed by atoms with Gasteiger partial charge in [-0.3, -0.25) is 0 Å². The lowest BCUT2D eigenvalue weighted by molar-refractivity contribution is 0.669. The third-order valence-electron chi connectivity index (χ3n) is 2.53. The van der Waals surface area contributed by atoms with E-state index < -0.39 is 0 Å². The Labute approximate surface area is 102 Å². The minimum absolute atomic E-state index is 0.560. The van der Waals surface area contributed by atoms with Crippen LogP contribution in [0.1, 0.15) is 32.8 Å². The Balaban J connectivity index is 2.98. The summed E-state index contributed by atoms with van der Waals surface area (Å²) in [4.78, 5) is 2.47. The van der Waals surface area contributed by atoms with E-state index in [1.807, 2.05) is 0 Å². The molecule has 0 aliphatic heterocycles. The summed E-state index contributed by atoms with van der Waals surface area (Å²) >= 11 is 3.55. The maximum absolute atomic E-state index is 3.55. The molecule has 0 N–H and O–H groups in total. The van der Waals surface area contributed by atoms with Crippen molar-refractivity contribution in [3.8, 4) is 0 Å². The summed E-state index contributed by atoms with van der Waals surface area (Å²) in [6.45, 7) is 7.86. The predicted octanol–water partition coefficient (Wildman–Crippen LogP) is 4.21. The van der Waals surface area contributed by atoms with Gasteiger partial charge in [-0.1, -0.05) is 41.1 Å². The molecule has 1 rings (SSSR count). The van der Waals surface area contributed by atoms with Crippen molar-refractivity contribution in [2.45, 2.75) is 38.6 Å². The Morgan fingerprint density at radius 1 is 1.27 bits per heavy atom. The average Bonchev–Trinajstić information content (AvgIpc) is 2.25. The van der Waals surface area contributed by atoms with Crippen molar-refractivity contribution in [1.29, 1.82) is 0 Å². The quantitative estimate of drug-likeness (QED) is 0.724. The molecule has 0 aromatic heterocycles. The van der Waals surface area contributed by atoms with Gasteiger partial charge in [0.1, 0.15) is 0 Å². The second-order valence-electron chi connectivity index (χ2n) is 4.05. The standard InChI is InChI=1S/C13H20BrN/c1-4-9-15(11(2)3)13-8-6-5-7-12(13)10-14/h5-8,11H,4,9-10H2,1-3H3. The van der Waals surface area contributed by atoms with Crippen LogP contribution in [0.2, 0.25) is 0 Å². The highest BCUT2D eigenvalue weighted by molar-refractivity contribution is 9.08. The average molecular weight is 270 g/mol. The van der Waals surface area contributed by atoms with Gasteiger partial charge in [-0.2, -0.15) is 0 Å². The van der Waals surface area contributed by atoms with Crippen molar-refractivity contribution < 1.29 is 0 Å².